The average Bonchev–Trinajstić information content (AvgIpc) is 2.93. The van der Waals surface area contributed by atoms with Crippen molar-refractivity contribution in [2.45, 2.75) is 6.42 Å². The Kier molecular flexibility index (Phi) is 4.67. The third kappa shape index (κ3) is 3.93. The first kappa shape index (κ1) is 17.3. The van der Waals surface area contributed by atoms with Crippen LogP contribution in [0.15, 0.2) is 54.6 Å². The number of hydrogen-bond acceptors (Lipinski definition) is 4. The summed E-state index contributed by atoms with van der Waals surface area (Å²) in [6.07, 6.45) is -0.0585. The first-order valence-corrected chi connectivity index (χ1v) is 9.32. The topological polar surface area (TPSA) is 71.5 Å². The maximum absolute atomic E-state index is 12.9. The van der Waals surface area contributed by atoms with E-state index < -0.39 is 21.9 Å². The van der Waals surface area contributed by atoms with Gasteiger partial charge in [0, 0.05) is 30.0 Å². The number of halogens is 1. The molecule has 1 atom stereocenters. The van der Waals surface area contributed by atoms with Gasteiger partial charge in [-0.05, 0) is 12.1 Å². The lowest BCUT2D eigenvalue weighted by atomic mass is 10.0. The monoisotopic (exact) mass is 361 g/mol. The number of anilines is 1. The molecule has 0 aliphatic carbocycles. The number of hydrogen-bond donors (Lipinski definition) is 0. The van der Waals surface area contributed by atoms with Crippen molar-refractivity contribution in [3.63, 3.8) is 0 Å². The van der Waals surface area contributed by atoms with E-state index in [0.29, 0.717) is 16.8 Å². The molecule has 2 aromatic rings. The zero-order valence-corrected chi connectivity index (χ0v) is 14.1. The Hall–Kier alpha value is -2.54. The molecular weight excluding hydrogens is 345 g/mol. The third-order valence-corrected chi connectivity index (χ3v) is 4.98. The van der Waals surface area contributed by atoms with Gasteiger partial charge in [-0.3, -0.25) is 9.59 Å². The fraction of sp³-hybridized carbons (Fsp3) is 0.222. The Morgan fingerprint density at radius 2 is 1.72 bits per heavy atom. The van der Waals surface area contributed by atoms with Crippen LogP contribution in [0, 0.1) is 5.92 Å². The molecule has 5 nitrogen and oxygen atoms in total. The summed E-state index contributed by atoms with van der Waals surface area (Å²) in [6.45, 7) is 0.0705. The minimum Gasteiger partial charge on any atom is -0.311 e. The maximum Gasteiger partial charge on any atom is 0.302 e. The van der Waals surface area contributed by atoms with Crippen molar-refractivity contribution in [3.05, 3.63) is 65.7 Å². The smallest absolute Gasteiger partial charge is 0.302 e. The Balaban J connectivity index is 1.91. The van der Waals surface area contributed by atoms with Gasteiger partial charge >= 0.3 is 10.2 Å². The van der Waals surface area contributed by atoms with Crippen molar-refractivity contribution in [3.8, 4) is 0 Å². The predicted molar refractivity (Wildman–Crippen MR) is 91.7 cm³/mol. The van der Waals surface area contributed by atoms with Gasteiger partial charge in [-0.15, -0.1) is 3.89 Å². The summed E-state index contributed by atoms with van der Waals surface area (Å²) in [5, 5.41) is 0. The summed E-state index contributed by atoms with van der Waals surface area (Å²) in [4.78, 5) is 26.4. The normalized spacial score (nSPS) is 17.7. The van der Waals surface area contributed by atoms with Gasteiger partial charge in [0.2, 0.25) is 5.91 Å². The van der Waals surface area contributed by atoms with Gasteiger partial charge in [-0.25, -0.2) is 0 Å². The molecule has 1 saturated heterocycles. The first-order chi connectivity index (χ1) is 11.8. The Morgan fingerprint density at radius 1 is 1.08 bits per heavy atom. The van der Waals surface area contributed by atoms with Crippen LogP contribution in [-0.2, 0) is 15.0 Å². The molecule has 1 aliphatic heterocycles. The van der Waals surface area contributed by atoms with E-state index >= 15 is 0 Å². The molecule has 1 amide bonds. The highest BCUT2D eigenvalue weighted by Crippen LogP contribution is 2.30. The molecule has 1 aliphatic rings. The summed E-state index contributed by atoms with van der Waals surface area (Å²) in [7, 11) is -4.65. The van der Waals surface area contributed by atoms with E-state index in [9.17, 15) is 21.9 Å². The van der Waals surface area contributed by atoms with E-state index in [4.69, 9.17) is 0 Å². The van der Waals surface area contributed by atoms with E-state index in [2.05, 4.69) is 0 Å². The van der Waals surface area contributed by atoms with Crippen LogP contribution in [0.3, 0.4) is 0 Å². The minimum absolute atomic E-state index is 0.0585. The van der Waals surface area contributed by atoms with Crippen LogP contribution in [0.5, 0.6) is 0 Å². The van der Waals surface area contributed by atoms with Crippen molar-refractivity contribution in [1.82, 2.24) is 0 Å². The number of amides is 1. The summed E-state index contributed by atoms with van der Waals surface area (Å²) < 4.78 is 34.6. The fourth-order valence-corrected chi connectivity index (χ4v) is 3.84. The average molecular weight is 361 g/mol. The van der Waals surface area contributed by atoms with Gasteiger partial charge in [-0.2, -0.15) is 8.42 Å². The quantitative estimate of drug-likeness (QED) is 0.606. The highest BCUT2D eigenvalue weighted by molar-refractivity contribution is 7.86. The molecule has 0 spiro atoms. The van der Waals surface area contributed by atoms with Crippen LogP contribution >= 0.6 is 0 Å². The van der Waals surface area contributed by atoms with Gasteiger partial charge in [0.25, 0.3) is 0 Å². The maximum atomic E-state index is 12.9. The number of carbonyl (C=O) groups excluding carboxylic acids is 2. The summed E-state index contributed by atoms with van der Waals surface area (Å²) in [6, 6.07) is 15.3. The number of rotatable bonds is 5. The van der Waals surface area contributed by atoms with Crippen molar-refractivity contribution in [2.24, 2.45) is 5.92 Å². The Bertz CT molecular complexity index is 912. The zero-order valence-electron chi connectivity index (χ0n) is 13.3. The number of nitrogens with zero attached hydrogens (tertiary/aromatic N) is 1. The van der Waals surface area contributed by atoms with Crippen LogP contribution in [0.25, 0.3) is 0 Å². The van der Waals surface area contributed by atoms with Crippen molar-refractivity contribution < 1.29 is 21.9 Å². The lowest BCUT2D eigenvalue weighted by molar-refractivity contribution is -0.117. The largest absolute Gasteiger partial charge is 0.311 e. The predicted octanol–water partition coefficient (Wildman–Crippen LogP) is 2.57. The van der Waals surface area contributed by atoms with E-state index in [1.54, 1.807) is 54.6 Å². The van der Waals surface area contributed by atoms with Crippen molar-refractivity contribution in [1.29, 1.82) is 0 Å². The molecule has 25 heavy (non-hydrogen) atoms. The molecular formula is C18H16FNO4S. The molecule has 130 valence electrons. The lowest BCUT2D eigenvalue weighted by Gasteiger charge is -2.20. The minimum atomic E-state index is -4.65. The summed E-state index contributed by atoms with van der Waals surface area (Å²) in [5.41, 5.74) is 1.26. The molecule has 0 bridgehead atoms. The molecule has 3 rings (SSSR count). The molecule has 1 unspecified atom stereocenters. The van der Waals surface area contributed by atoms with E-state index in [-0.39, 0.29) is 24.7 Å². The van der Waals surface area contributed by atoms with Gasteiger partial charge in [0.1, 0.15) is 0 Å². The second-order valence-electron chi connectivity index (χ2n) is 5.99. The molecule has 7 heteroatoms. The van der Waals surface area contributed by atoms with Gasteiger partial charge in [0.15, 0.2) is 5.78 Å². The van der Waals surface area contributed by atoms with Crippen molar-refractivity contribution >= 4 is 27.6 Å². The highest BCUT2D eigenvalue weighted by Gasteiger charge is 2.35. The van der Waals surface area contributed by atoms with Gasteiger partial charge in [-0.1, -0.05) is 42.5 Å². The number of ketones is 1. The second kappa shape index (κ2) is 6.76. The van der Waals surface area contributed by atoms with Crippen LogP contribution in [-0.4, -0.2) is 32.4 Å². The molecule has 0 N–H and O–H groups in total. The van der Waals surface area contributed by atoms with E-state index in [1.165, 1.54) is 4.90 Å². The highest BCUT2D eigenvalue weighted by atomic mass is 32.3. The molecule has 0 aromatic heterocycles. The van der Waals surface area contributed by atoms with Crippen LogP contribution in [0.2, 0.25) is 0 Å². The second-order valence-corrected chi connectivity index (χ2v) is 7.40. The fourth-order valence-electron chi connectivity index (χ4n) is 3.05. The number of benzene rings is 2. The number of carbonyl (C=O) groups is 2. The molecule has 0 saturated carbocycles. The van der Waals surface area contributed by atoms with E-state index in [0.717, 1.165) is 0 Å². The van der Waals surface area contributed by atoms with E-state index in [1.807, 2.05) is 0 Å². The summed E-state index contributed by atoms with van der Waals surface area (Å²) in [5.74, 6) is -1.86. The van der Waals surface area contributed by atoms with Crippen LogP contribution in [0.4, 0.5) is 9.57 Å². The molecule has 1 heterocycles. The standard InChI is InChI=1S/C18H16FNO4S/c19-25(23,24)12-13-10-17(21)20(11-13)16-9-5-4-8-15(16)18(22)14-6-2-1-3-7-14/h1-9,13H,10-12H2. The Morgan fingerprint density at radius 3 is 2.40 bits per heavy atom. The number of para-hydroxylation sites is 1. The lowest BCUT2D eigenvalue weighted by Crippen LogP contribution is -2.27. The molecule has 2 aromatic carbocycles. The van der Waals surface area contributed by atoms with Gasteiger partial charge in [0.05, 0.1) is 11.4 Å². The van der Waals surface area contributed by atoms with Gasteiger partial charge < -0.3 is 4.90 Å². The first-order valence-electron chi connectivity index (χ1n) is 7.76. The molecule has 0 radical (unpaired) electrons. The zero-order chi connectivity index (χ0) is 18.0. The van der Waals surface area contributed by atoms with Crippen molar-refractivity contribution in [2.75, 3.05) is 17.2 Å². The third-order valence-electron chi connectivity index (χ3n) is 4.12. The summed E-state index contributed by atoms with van der Waals surface area (Å²) >= 11 is 0. The molecule has 1 fully saturated rings. The van der Waals surface area contributed by atoms with Crippen LogP contribution in [0.1, 0.15) is 22.3 Å². The SMILES string of the molecule is O=C(c1ccccc1)c1ccccc1N1CC(CS(=O)(=O)F)CC1=O. The van der Waals surface area contributed by atoms with Crippen LogP contribution < -0.4 is 4.90 Å². The Labute approximate surface area is 145 Å².